The maximum Gasteiger partial charge on any atom is 0.227 e. The fourth-order valence-corrected chi connectivity index (χ4v) is 3.85. The van der Waals surface area contributed by atoms with Crippen LogP contribution in [0.15, 0.2) is 36.7 Å². The predicted molar refractivity (Wildman–Crippen MR) is 119 cm³/mol. The highest BCUT2D eigenvalue weighted by Gasteiger charge is 2.25. The summed E-state index contributed by atoms with van der Waals surface area (Å²) in [6.07, 6.45) is 5.81. The second kappa shape index (κ2) is 8.54. The van der Waals surface area contributed by atoms with Gasteiger partial charge in [0.15, 0.2) is 5.82 Å². The van der Waals surface area contributed by atoms with Crippen LogP contribution in [0.25, 0.3) is 10.9 Å². The zero-order valence-electron chi connectivity index (χ0n) is 18.0. The Labute approximate surface area is 184 Å². The number of halogens is 1. The molecule has 4 aromatic rings. The lowest BCUT2D eigenvalue weighted by molar-refractivity contribution is 0.180. The Morgan fingerprint density at radius 3 is 2.94 bits per heavy atom. The molecule has 3 heterocycles. The highest BCUT2D eigenvalue weighted by Crippen LogP contribution is 2.39. The standard InChI is InChI=1S/C22H25FN8O/c1-13(12-32-2)31(11-15-7-16(23)8-19-17(15)10-25-28-19)22-24-6-5-20(27-22)26-21-9-18(29-30-21)14-3-4-14/h5-10,13-14H,3-4,11-12H2,1-2H3,(H,25,28)(H2,24,26,27,29,30). The summed E-state index contributed by atoms with van der Waals surface area (Å²) in [4.78, 5) is 11.2. The SMILES string of the molecule is COCC(C)N(Cc1cc(F)cc2[nH]ncc12)c1nccc(Nc2cc(C3CC3)[nH]n2)n1. The Balaban J connectivity index is 1.43. The zero-order valence-corrected chi connectivity index (χ0v) is 18.0. The molecular weight excluding hydrogens is 411 g/mol. The third-order valence-corrected chi connectivity index (χ3v) is 5.66. The van der Waals surface area contributed by atoms with E-state index in [0.717, 1.165) is 22.5 Å². The summed E-state index contributed by atoms with van der Waals surface area (Å²) in [5.74, 6) is 2.13. The van der Waals surface area contributed by atoms with Crippen molar-refractivity contribution in [3.05, 3.63) is 53.7 Å². The van der Waals surface area contributed by atoms with Gasteiger partial charge in [0.05, 0.1) is 24.4 Å². The molecule has 32 heavy (non-hydrogen) atoms. The number of anilines is 3. The molecule has 0 spiro atoms. The largest absolute Gasteiger partial charge is 0.383 e. The van der Waals surface area contributed by atoms with Crippen molar-refractivity contribution in [2.75, 3.05) is 23.9 Å². The number of H-pyrrole nitrogens is 2. The fraction of sp³-hybridized carbons (Fsp3) is 0.364. The molecule has 0 amide bonds. The Hall–Kier alpha value is -3.53. The molecule has 1 aliphatic rings. The summed E-state index contributed by atoms with van der Waals surface area (Å²) < 4.78 is 19.6. The molecule has 1 aliphatic carbocycles. The van der Waals surface area contributed by atoms with E-state index in [1.165, 1.54) is 25.0 Å². The normalized spacial score (nSPS) is 14.6. The first-order valence-corrected chi connectivity index (χ1v) is 10.6. The van der Waals surface area contributed by atoms with Crippen LogP contribution in [0.1, 0.15) is 36.9 Å². The predicted octanol–water partition coefficient (Wildman–Crippen LogP) is 3.88. The molecule has 0 saturated heterocycles. The van der Waals surface area contributed by atoms with E-state index < -0.39 is 0 Å². The summed E-state index contributed by atoms with van der Waals surface area (Å²) in [6.45, 7) is 2.89. The van der Waals surface area contributed by atoms with Crippen LogP contribution in [0, 0.1) is 5.82 Å². The minimum absolute atomic E-state index is 0.0488. The van der Waals surface area contributed by atoms with E-state index in [1.54, 1.807) is 25.6 Å². The van der Waals surface area contributed by atoms with E-state index in [1.807, 2.05) is 17.9 Å². The molecule has 0 aliphatic heterocycles. The van der Waals surface area contributed by atoms with Crippen LogP contribution in [0.4, 0.5) is 22.0 Å². The van der Waals surface area contributed by atoms with Crippen molar-refractivity contribution < 1.29 is 9.13 Å². The van der Waals surface area contributed by atoms with E-state index in [-0.39, 0.29) is 11.9 Å². The van der Waals surface area contributed by atoms with Crippen LogP contribution in [-0.4, -0.2) is 50.1 Å². The number of benzene rings is 1. The third kappa shape index (κ3) is 4.26. The quantitative estimate of drug-likeness (QED) is 0.365. The molecule has 3 aromatic heterocycles. The molecule has 0 bridgehead atoms. The van der Waals surface area contributed by atoms with Gasteiger partial charge in [-0.15, -0.1) is 0 Å². The van der Waals surface area contributed by atoms with Crippen molar-refractivity contribution in [1.29, 1.82) is 0 Å². The smallest absolute Gasteiger partial charge is 0.227 e. The van der Waals surface area contributed by atoms with Gasteiger partial charge in [-0.3, -0.25) is 10.2 Å². The number of hydrogen-bond donors (Lipinski definition) is 3. The van der Waals surface area contributed by atoms with Crippen LogP contribution in [0.5, 0.6) is 0 Å². The summed E-state index contributed by atoms with van der Waals surface area (Å²) in [7, 11) is 1.65. The maximum atomic E-state index is 14.2. The van der Waals surface area contributed by atoms with Crippen molar-refractivity contribution in [3.8, 4) is 0 Å². The topological polar surface area (TPSA) is 108 Å². The Morgan fingerprint density at radius 1 is 1.25 bits per heavy atom. The van der Waals surface area contributed by atoms with Gasteiger partial charge in [-0.1, -0.05) is 0 Å². The number of rotatable bonds is 9. The molecule has 3 N–H and O–H groups in total. The van der Waals surface area contributed by atoms with Crippen molar-refractivity contribution >= 4 is 28.5 Å². The molecule has 1 saturated carbocycles. The van der Waals surface area contributed by atoms with E-state index in [4.69, 9.17) is 9.72 Å². The monoisotopic (exact) mass is 436 g/mol. The molecule has 1 aromatic carbocycles. The van der Waals surface area contributed by atoms with E-state index >= 15 is 0 Å². The van der Waals surface area contributed by atoms with Gasteiger partial charge in [0.2, 0.25) is 5.95 Å². The number of fused-ring (bicyclic) bond motifs is 1. The van der Waals surface area contributed by atoms with Gasteiger partial charge in [-0.25, -0.2) is 9.37 Å². The summed E-state index contributed by atoms with van der Waals surface area (Å²) in [6, 6.07) is 6.73. The molecule has 0 radical (unpaired) electrons. The second-order valence-electron chi connectivity index (χ2n) is 8.18. The van der Waals surface area contributed by atoms with Crippen molar-refractivity contribution in [2.45, 2.75) is 38.3 Å². The Bertz CT molecular complexity index is 1220. The first-order valence-electron chi connectivity index (χ1n) is 10.6. The second-order valence-corrected chi connectivity index (χ2v) is 8.18. The molecule has 1 atom stereocenters. The molecule has 1 unspecified atom stereocenters. The Kier molecular flexibility index (Phi) is 5.44. The summed E-state index contributed by atoms with van der Waals surface area (Å²) >= 11 is 0. The van der Waals surface area contributed by atoms with Gasteiger partial charge in [0, 0.05) is 42.9 Å². The number of methoxy groups -OCH3 is 1. The first kappa shape index (κ1) is 20.4. The number of nitrogens with one attached hydrogen (secondary N) is 3. The lowest BCUT2D eigenvalue weighted by atomic mass is 10.1. The molecular formula is C22H25FN8O. The van der Waals surface area contributed by atoms with Gasteiger partial charge >= 0.3 is 0 Å². The van der Waals surface area contributed by atoms with Crippen LogP contribution in [0.3, 0.4) is 0 Å². The van der Waals surface area contributed by atoms with Crippen molar-refractivity contribution in [1.82, 2.24) is 30.4 Å². The van der Waals surface area contributed by atoms with Crippen molar-refractivity contribution in [3.63, 3.8) is 0 Å². The average molecular weight is 436 g/mol. The van der Waals surface area contributed by atoms with Crippen LogP contribution in [0.2, 0.25) is 0 Å². The summed E-state index contributed by atoms with van der Waals surface area (Å²) in [5, 5.41) is 18.4. The molecule has 1 fully saturated rings. The molecule has 5 rings (SSSR count). The molecule has 10 heteroatoms. The van der Waals surface area contributed by atoms with Crippen LogP contribution in [-0.2, 0) is 11.3 Å². The third-order valence-electron chi connectivity index (χ3n) is 5.66. The number of ether oxygens (including phenoxy) is 1. The van der Waals surface area contributed by atoms with Crippen LogP contribution >= 0.6 is 0 Å². The maximum absolute atomic E-state index is 14.2. The minimum atomic E-state index is -0.322. The van der Waals surface area contributed by atoms with Gasteiger partial charge in [-0.2, -0.15) is 15.2 Å². The number of aromatic nitrogens is 6. The van der Waals surface area contributed by atoms with E-state index in [2.05, 4.69) is 30.7 Å². The highest BCUT2D eigenvalue weighted by molar-refractivity contribution is 5.82. The zero-order chi connectivity index (χ0) is 22.1. The number of nitrogens with zero attached hydrogens (tertiary/aromatic N) is 5. The molecule has 166 valence electrons. The average Bonchev–Trinajstić information content (AvgIpc) is 3.34. The van der Waals surface area contributed by atoms with Gasteiger partial charge in [-0.05, 0) is 43.5 Å². The van der Waals surface area contributed by atoms with Gasteiger partial charge in [0.1, 0.15) is 11.6 Å². The minimum Gasteiger partial charge on any atom is -0.383 e. The van der Waals surface area contributed by atoms with Gasteiger partial charge < -0.3 is 15.0 Å². The summed E-state index contributed by atoms with van der Waals surface area (Å²) in [5.41, 5.74) is 2.59. The van der Waals surface area contributed by atoms with E-state index in [0.29, 0.717) is 36.4 Å². The number of hydrogen-bond acceptors (Lipinski definition) is 7. The highest BCUT2D eigenvalue weighted by atomic mass is 19.1. The lowest BCUT2D eigenvalue weighted by Gasteiger charge is -2.29. The number of aromatic amines is 2. The van der Waals surface area contributed by atoms with Crippen molar-refractivity contribution in [2.24, 2.45) is 0 Å². The Morgan fingerprint density at radius 2 is 2.12 bits per heavy atom. The molecule has 9 nitrogen and oxygen atoms in total. The lowest BCUT2D eigenvalue weighted by Crippen LogP contribution is -2.37. The van der Waals surface area contributed by atoms with Crippen LogP contribution < -0.4 is 10.2 Å². The fourth-order valence-electron chi connectivity index (χ4n) is 3.85. The van der Waals surface area contributed by atoms with Gasteiger partial charge in [0.25, 0.3) is 0 Å². The van der Waals surface area contributed by atoms with E-state index in [9.17, 15) is 4.39 Å². The first-order chi connectivity index (χ1) is 15.6.